The lowest BCUT2D eigenvalue weighted by Crippen LogP contribution is -2.81. The number of aliphatic hydroxyl groups is 2. The highest BCUT2D eigenvalue weighted by Crippen LogP contribution is 2.68. The lowest BCUT2D eigenvalue weighted by atomic mass is 9.47. The largest absolute Gasteiger partial charge is 0.496 e. The summed E-state index contributed by atoms with van der Waals surface area (Å²) in [5.74, 6) is -0.360. The van der Waals surface area contributed by atoms with E-state index in [1.165, 1.54) is 14.2 Å². The molecule has 1 saturated carbocycles. The maximum absolute atomic E-state index is 15.3. The Hall–Kier alpha value is -4.36. The van der Waals surface area contributed by atoms with Gasteiger partial charge in [-0.15, -0.1) is 0 Å². The van der Waals surface area contributed by atoms with Crippen molar-refractivity contribution in [2.75, 3.05) is 66.0 Å². The third-order valence-corrected chi connectivity index (χ3v) is 15.6. The number of nitrogens with zero attached hydrogens (tertiary/aromatic N) is 3. The zero-order valence-corrected chi connectivity index (χ0v) is 35.6. The summed E-state index contributed by atoms with van der Waals surface area (Å²) >= 11 is 0. The number of aromatic nitrogens is 1. The number of piperidine rings is 1. The molecule has 12 heteroatoms. The van der Waals surface area contributed by atoms with Crippen LogP contribution in [0.4, 0.5) is 5.69 Å². The van der Waals surface area contributed by atoms with Gasteiger partial charge in [-0.25, -0.2) is 4.79 Å². The lowest BCUT2D eigenvalue weighted by Gasteiger charge is -2.63. The molecule has 1 aliphatic carbocycles. The highest BCUT2D eigenvalue weighted by atomic mass is 16.6. The molecule has 5 aliphatic heterocycles. The minimum atomic E-state index is -2.14. The van der Waals surface area contributed by atoms with E-state index in [1.54, 1.807) is 14.0 Å². The number of H-pyrrole nitrogens is 1. The Morgan fingerprint density at radius 3 is 2.44 bits per heavy atom. The number of aromatic amines is 1. The molecule has 9 rings (SSSR count). The van der Waals surface area contributed by atoms with E-state index in [2.05, 4.69) is 58.6 Å². The fraction of sp³-hybridized carbons (Fsp3) is 0.574. The Kier molecular flexibility index (Phi) is 9.40. The molecule has 10 atom stereocenters. The quantitative estimate of drug-likeness (QED) is 0.162. The molecule has 59 heavy (non-hydrogen) atoms. The van der Waals surface area contributed by atoms with Crippen LogP contribution >= 0.6 is 0 Å². The minimum Gasteiger partial charge on any atom is -0.496 e. The first-order valence-electron chi connectivity index (χ1n) is 21.4. The van der Waals surface area contributed by atoms with E-state index < -0.39 is 51.5 Å². The normalized spacial score (nSPS) is 37.0. The molecule has 12 nitrogen and oxygen atoms in total. The average Bonchev–Trinajstić information content (AvgIpc) is 3.90. The van der Waals surface area contributed by atoms with Gasteiger partial charge in [0.05, 0.1) is 38.7 Å². The number of allylic oxidation sites excluding steroid dienone is 1. The molecule has 0 amide bonds. The SMILES string of the molecule is C=C(C)O[C@@H]1C2(CC)C=CCN3CC[C@@]4(c5cc([C@@]6(C(=O)OC)C[C@@H]7CN(CCc8c6[nH]c6ccccc86)C[C@](O)(CC)C7)c(OC)cc5N(C)[C@H]4[C@@]1(O)C(=O)OC)C32. The Balaban J connectivity index is 1.36. The van der Waals surface area contributed by atoms with Gasteiger partial charge in [-0.2, -0.15) is 0 Å². The predicted octanol–water partition coefficient (Wildman–Crippen LogP) is 4.98. The van der Waals surface area contributed by atoms with Crippen LogP contribution in [0, 0.1) is 11.3 Å². The van der Waals surface area contributed by atoms with Crippen LogP contribution in [0.5, 0.6) is 5.75 Å². The molecule has 1 spiro atoms. The van der Waals surface area contributed by atoms with Gasteiger partial charge in [-0.1, -0.05) is 50.8 Å². The number of rotatable bonds is 8. The van der Waals surface area contributed by atoms with Crippen molar-refractivity contribution in [1.29, 1.82) is 0 Å². The zero-order chi connectivity index (χ0) is 41.9. The minimum absolute atomic E-state index is 0.0750. The monoisotopic (exact) mass is 808 g/mol. The molecular weight excluding hydrogens is 749 g/mol. The number of likely N-dealkylation sites (N-methyl/N-ethyl adjacent to an activating group) is 1. The van der Waals surface area contributed by atoms with Crippen molar-refractivity contribution in [3.8, 4) is 5.75 Å². The first-order chi connectivity index (χ1) is 28.2. The average molecular weight is 809 g/mol. The number of hydrogen-bond acceptors (Lipinski definition) is 11. The number of anilines is 1. The summed E-state index contributed by atoms with van der Waals surface area (Å²) in [6.45, 7) is 13.4. The van der Waals surface area contributed by atoms with Crippen molar-refractivity contribution in [2.24, 2.45) is 11.3 Å². The van der Waals surface area contributed by atoms with Crippen molar-refractivity contribution in [2.45, 2.75) is 99.5 Å². The summed E-state index contributed by atoms with van der Waals surface area (Å²) in [4.78, 5) is 40.5. The van der Waals surface area contributed by atoms with E-state index in [0.717, 1.165) is 53.0 Å². The van der Waals surface area contributed by atoms with Crippen LogP contribution in [0.15, 0.2) is 60.9 Å². The first kappa shape index (κ1) is 40.1. The molecule has 3 fully saturated rings. The summed E-state index contributed by atoms with van der Waals surface area (Å²) in [5, 5.41) is 26.5. The Morgan fingerprint density at radius 2 is 1.75 bits per heavy atom. The van der Waals surface area contributed by atoms with E-state index in [-0.39, 0.29) is 12.0 Å². The number of carbonyl (C=O) groups excluding carboxylic acids is 2. The molecule has 3 N–H and O–H groups in total. The van der Waals surface area contributed by atoms with Gasteiger partial charge in [0.1, 0.15) is 11.2 Å². The number of methoxy groups -OCH3 is 3. The van der Waals surface area contributed by atoms with E-state index in [0.29, 0.717) is 68.7 Å². The third-order valence-electron chi connectivity index (χ3n) is 15.6. The number of fused-ring (bicyclic) bond motifs is 6. The fourth-order valence-electron chi connectivity index (χ4n) is 13.5. The maximum atomic E-state index is 15.3. The van der Waals surface area contributed by atoms with Gasteiger partial charge < -0.3 is 39.0 Å². The Morgan fingerprint density at radius 1 is 0.983 bits per heavy atom. The predicted molar refractivity (Wildman–Crippen MR) is 225 cm³/mol. The topological polar surface area (TPSA) is 137 Å². The Labute approximate surface area is 347 Å². The molecule has 0 radical (unpaired) electrons. The molecule has 3 aromatic rings. The number of para-hydroxylation sites is 1. The van der Waals surface area contributed by atoms with E-state index >= 15 is 4.79 Å². The van der Waals surface area contributed by atoms with E-state index in [1.807, 2.05) is 37.1 Å². The zero-order valence-electron chi connectivity index (χ0n) is 35.6. The standard InChI is InChI=1S/C47H60N4O8/c1-9-43(54)24-29-25-46(41(52)57-7,37-31(16-20-50(26-29)27-43)30-14-11-12-15-34(30)48-37)33-22-32-35(23-36(33)56-6)49(5)39-45(32)18-21-51-19-13-17-44(10-2,38(45)51)40(59-28(3)4)47(39,55)42(53)58-8/h11-15,17,22-23,29,38-40,48,54-55H,3,9-10,16,18-21,24-27H2,1-2,4-8H3/t29-,38?,39-,40-,43+,44?,45-,46+,47+/m1/s1. The van der Waals surface area contributed by atoms with E-state index in [4.69, 9.17) is 18.9 Å². The highest BCUT2D eigenvalue weighted by molar-refractivity contribution is 5.95. The lowest BCUT2D eigenvalue weighted by molar-refractivity contribution is -0.222. The third kappa shape index (κ3) is 5.21. The highest BCUT2D eigenvalue weighted by Gasteiger charge is 2.80. The summed E-state index contributed by atoms with van der Waals surface area (Å²) in [6, 6.07) is 11.3. The second-order valence-corrected chi connectivity index (χ2v) is 18.4. The summed E-state index contributed by atoms with van der Waals surface area (Å²) < 4.78 is 24.5. The molecule has 2 bridgehead atoms. The molecule has 6 heterocycles. The molecule has 6 aliphatic rings. The van der Waals surface area contributed by atoms with Crippen molar-refractivity contribution in [1.82, 2.24) is 14.8 Å². The van der Waals surface area contributed by atoms with Crippen molar-refractivity contribution < 1.29 is 38.7 Å². The van der Waals surface area contributed by atoms with Gasteiger partial charge >= 0.3 is 11.9 Å². The van der Waals surface area contributed by atoms with Crippen LogP contribution in [0.3, 0.4) is 0 Å². The molecule has 2 saturated heterocycles. The van der Waals surface area contributed by atoms with Crippen LogP contribution in [-0.4, -0.2) is 127 Å². The second-order valence-electron chi connectivity index (χ2n) is 18.4. The van der Waals surface area contributed by atoms with Gasteiger partial charge in [0.25, 0.3) is 0 Å². The summed E-state index contributed by atoms with van der Waals surface area (Å²) in [5.41, 5.74) is -0.935. The number of carbonyl (C=O) groups is 2. The number of esters is 2. The van der Waals surface area contributed by atoms with Crippen LogP contribution in [0.1, 0.15) is 75.3 Å². The van der Waals surface area contributed by atoms with Crippen molar-refractivity contribution in [3.63, 3.8) is 0 Å². The van der Waals surface area contributed by atoms with Crippen LogP contribution in [-0.2, 0) is 41.1 Å². The number of benzene rings is 2. The van der Waals surface area contributed by atoms with Gasteiger partial charge in [0, 0.05) is 84.0 Å². The van der Waals surface area contributed by atoms with Crippen molar-refractivity contribution >= 4 is 28.5 Å². The first-order valence-corrected chi connectivity index (χ1v) is 21.4. The number of nitrogens with one attached hydrogen (secondary N) is 1. The van der Waals surface area contributed by atoms with Crippen molar-refractivity contribution in [3.05, 3.63) is 83.3 Å². The molecule has 3 unspecified atom stereocenters. The summed E-state index contributed by atoms with van der Waals surface area (Å²) in [7, 11) is 6.33. The van der Waals surface area contributed by atoms with Gasteiger partial charge in [-0.3, -0.25) is 14.6 Å². The molecule has 316 valence electrons. The van der Waals surface area contributed by atoms with Gasteiger partial charge in [0.15, 0.2) is 6.10 Å². The molecule has 1 aromatic heterocycles. The smallest absolute Gasteiger partial charge is 0.344 e. The summed E-state index contributed by atoms with van der Waals surface area (Å²) in [6.07, 6.45) is 6.65. The molecular formula is C47H60N4O8. The second kappa shape index (κ2) is 13.8. The van der Waals surface area contributed by atoms with Crippen LogP contribution in [0.2, 0.25) is 0 Å². The van der Waals surface area contributed by atoms with Crippen LogP contribution in [0.25, 0.3) is 10.9 Å². The maximum Gasteiger partial charge on any atom is 0.344 e. The van der Waals surface area contributed by atoms with Gasteiger partial charge in [0.2, 0.25) is 5.60 Å². The van der Waals surface area contributed by atoms with E-state index in [9.17, 15) is 15.0 Å². The van der Waals surface area contributed by atoms with Crippen LogP contribution < -0.4 is 9.64 Å². The van der Waals surface area contributed by atoms with Gasteiger partial charge in [-0.05, 0) is 81.2 Å². The number of hydrogen-bond donors (Lipinski definition) is 3. The fourth-order valence-corrected chi connectivity index (χ4v) is 13.5. The Bertz CT molecular complexity index is 2250. The molecule has 2 aromatic carbocycles. The number of ether oxygens (including phenoxy) is 4.